The molecular formula is C17H19N5OS. The van der Waals surface area contributed by atoms with E-state index in [0.29, 0.717) is 0 Å². The Hall–Kier alpha value is -1.99. The molecule has 0 unspecified atom stereocenters. The van der Waals surface area contributed by atoms with Crippen LogP contribution < -0.4 is 10.9 Å². The lowest BCUT2D eigenvalue weighted by molar-refractivity contribution is 0.407. The Morgan fingerprint density at radius 3 is 3.04 bits per heavy atom. The lowest BCUT2D eigenvalue weighted by atomic mass is 9.99. The van der Waals surface area contributed by atoms with E-state index in [-0.39, 0.29) is 11.1 Å². The minimum absolute atomic E-state index is 0.0203. The van der Waals surface area contributed by atoms with E-state index in [9.17, 15) is 4.79 Å². The number of thiophene rings is 1. The van der Waals surface area contributed by atoms with Crippen LogP contribution >= 0.6 is 11.3 Å². The molecule has 3 aromatic heterocycles. The first kappa shape index (κ1) is 14.4. The van der Waals surface area contributed by atoms with E-state index in [1.54, 1.807) is 11.3 Å². The van der Waals surface area contributed by atoms with Crippen LogP contribution in [0, 0.1) is 0 Å². The van der Waals surface area contributed by atoms with Crippen LogP contribution in [0.5, 0.6) is 0 Å². The molecule has 3 N–H and O–H groups in total. The monoisotopic (exact) mass is 341 g/mol. The van der Waals surface area contributed by atoms with Gasteiger partial charge < -0.3 is 10.3 Å². The predicted octanol–water partition coefficient (Wildman–Crippen LogP) is 2.46. The maximum Gasteiger partial charge on any atom is 0.268 e. The first-order valence-electron chi connectivity index (χ1n) is 8.50. The molecule has 3 aromatic rings. The van der Waals surface area contributed by atoms with Gasteiger partial charge in [-0.3, -0.25) is 9.89 Å². The standard InChI is InChI=1S/C17H19N5OS/c1-17(6-3-7-18-17)16-20-12-9-4-2-5-11-10(8-19-22-11)13(9)24-14(12)15(23)21-16/h8,18H,2-7H2,1H3,(H,19,22)(H,20,21,23)/t17-/m0/s1. The minimum Gasteiger partial charge on any atom is -0.308 e. The van der Waals surface area contributed by atoms with Gasteiger partial charge in [0.2, 0.25) is 0 Å². The second-order valence-corrected chi connectivity index (χ2v) is 7.98. The normalized spacial score (nSPS) is 23.2. The maximum absolute atomic E-state index is 12.7. The van der Waals surface area contributed by atoms with E-state index in [4.69, 9.17) is 4.98 Å². The van der Waals surface area contributed by atoms with Crippen molar-refractivity contribution in [2.45, 2.75) is 44.6 Å². The Kier molecular flexibility index (Phi) is 2.99. The number of rotatable bonds is 1. The van der Waals surface area contributed by atoms with Crippen molar-refractivity contribution in [3.8, 4) is 10.4 Å². The molecule has 2 aliphatic rings. The van der Waals surface area contributed by atoms with Crippen molar-refractivity contribution in [1.29, 1.82) is 0 Å². The Morgan fingerprint density at radius 1 is 1.29 bits per heavy atom. The summed E-state index contributed by atoms with van der Waals surface area (Å²) >= 11 is 1.55. The van der Waals surface area contributed by atoms with E-state index >= 15 is 0 Å². The summed E-state index contributed by atoms with van der Waals surface area (Å²) in [4.78, 5) is 21.8. The Labute approximate surface area is 142 Å². The number of H-pyrrole nitrogens is 2. The highest BCUT2D eigenvalue weighted by atomic mass is 32.1. The third-order valence-electron chi connectivity index (χ3n) is 5.34. The number of aryl methyl sites for hydroxylation is 2. The zero-order valence-electron chi connectivity index (χ0n) is 13.5. The van der Waals surface area contributed by atoms with Gasteiger partial charge >= 0.3 is 0 Å². The molecule has 0 radical (unpaired) electrons. The van der Waals surface area contributed by atoms with E-state index in [1.165, 1.54) is 5.56 Å². The molecule has 0 aromatic carbocycles. The van der Waals surface area contributed by atoms with Gasteiger partial charge in [0.05, 0.1) is 16.7 Å². The fourth-order valence-electron chi connectivity index (χ4n) is 3.98. The summed E-state index contributed by atoms with van der Waals surface area (Å²) in [7, 11) is 0. The van der Waals surface area contributed by atoms with Gasteiger partial charge in [0.25, 0.3) is 5.56 Å². The average molecular weight is 341 g/mol. The Balaban J connectivity index is 1.78. The van der Waals surface area contributed by atoms with Crippen molar-refractivity contribution in [3.05, 3.63) is 33.6 Å². The van der Waals surface area contributed by atoms with Gasteiger partial charge in [-0.15, -0.1) is 11.3 Å². The highest BCUT2D eigenvalue weighted by molar-refractivity contribution is 7.22. The molecule has 4 heterocycles. The summed E-state index contributed by atoms with van der Waals surface area (Å²) in [5, 5.41) is 10.8. The van der Waals surface area contributed by atoms with Crippen molar-refractivity contribution >= 4 is 21.6 Å². The summed E-state index contributed by atoms with van der Waals surface area (Å²) < 4.78 is 0.736. The Morgan fingerprint density at radius 2 is 2.21 bits per heavy atom. The number of aromatic nitrogens is 4. The smallest absolute Gasteiger partial charge is 0.268 e. The molecule has 6 nitrogen and oxygen atoms in total. The molecule has 0 saturated carbocycles. The van der Waals surface area contributed by atoms with Gasteiger partial charge in [-0.05, 0) is 51.1 Å². The highest BCUT2D eigenvalue weighted by Gasteiger charge is 2.34. The molecule has 5 rings (SSSR count). The van der Waals surface area contributed by atoms with Crippen molar-refractivity contribution in [1.82, 2.24) is 25.5 Å². The Bertz CT molecular complexity index is 992. The summed E-state index contributed by atoms with van der Waals surface area (Å²) in [5.41, 5.74) is 4.08. The summed E-state index contributed by atoms with van der Waals surface area (Å²) in [6.07, 6.45) is 7.01. The van der Waals surface area contributed by atoms with Crippen LogP contribution in [0.25, 0.3) is 20.7 Å². The molecule has 7 heteroatoms. The van der Waals surface area contributed by atoms with Crippen LogP contribution in [0.4, 0.5) is 0 Å². The fourth-order valence-corrected chi connectivity index (χ4v) is 5.20. The van der Waals surface area contributed by atoms with E-state index in [2.05, 4.69) is 27.4 Å². The van der Waals surface area contributed by atoms with E-state index in [0.717, 1.165) is 70.8 Å². The van der Waals surface area contributed by atoms with Gasteiger partial charge in [0, 0.05) is 16.6 Å². The van der Waals surface area contributed by atoms with Crippen molar-refractivity contribution in [2.24, 2.45) is 0 Å². The largest absolute Gasteiger partial charge is 0.308 e. The molecule has 0 bridgehead atoms. The molecule has 1 saturated heterocycles. The van der Waals surface area contributed by atoms with Crippen molar-refractivity contribution in [3.63, 3.8) is 0 Å². The second kappa shape index (κ2) is 5.00. The number of nitrogens with one attached hydrogen (secondary N) is 3. The molecule has 1 atom stereocenters. The van der Waals surface area contributed by atoms with Gasteiger partial charge in [-0.2, -0.15) is 5.10 Å². The number of fused-ring (bicyclic) bond motifs is 5. The maximum atomic E-state index is 12.7. The molecule has 24 heavy (non-hydrogen) atoms. The third kappa shape index (κ3) is 1.94. The van der Waals surface area contributed by atoms with Crippen LogP contribution in [-0.4, -0.2) is 26.7 Å². The first-order chi connectivity index (χ1) is 11.7. The fraction of sp³-hybridized carbons (Fsp3) is 0.471. The lowest BCUT2D eigenvalue weighted by Crippen LogP contribution is -2.36. The molecule has 1 aliphatic heterocycles. The first-order valence-corrected chi connectivity index (χ1v) is 9.31. The average Bonchev–Trinajstić information content (AvgIpc) is 3.26. The van der Waals surface area contributed by atoms with Crippen LogP contribution in [-0.2, 0) is 18.4 Å². The summed E-state index contributed by atoms with van der Waals surface area (Å²) in [6.45, 7) is 3.10. The molecule has 1 aliphatic carbocycles. The number of hydrogen-bond donors (Lipinski definition) is 3. The van der Waals surface area contributed by atoms with E-state index in [1.807, 2.05) is 6.20 Å². The number of nitrogens with zero attached hydrogens (tertiary/aromatic N) is 2. The molecule has 0 amide bonds. The van der Waals surface area contributed by atoms with Gasteiger partial charge in [0.15, 0.2) is 0 Å². The molecular weight excluding hydrogens is 322 g/mol. The number of aromatic amines is 2. The quantitative estimate of drug-likeness (QED) is 0.634. The molecule has 0 spiro atoms. The highest BCUT2D eigenvalue weighted by Crippen LogP contribution is 2.41. The topological polar surface area (TPSA) is 86.5 Å². The molecule has 1 fully saturated rings. The van der Waals surface area contributed by atoms with E-state index < -0.39 is 0 Å². The lowest BCUT2D eigenvalue weighted by Gasteiger charge is -2.22. The zero-order valence-corrected chi connectivity index (χ0v) is 14.3. The second-order valence-electron chi connectivity index (χ2n) is 6.96. The zero-order chi connectivity index (χ0) is 16.3. The summed E-state index contributed by atoms with van der Waals surface area (Å²) in [6, 6.07) is 0. The molecule has 124 valence electrons. The van der Waals surface area contributed by atoms with Gasteiger partial charge in [0.1, 0.15) is 10.5 Å². The van der Waals surface area contributed by atoms with Gasteiger partial charge in [-0.25, -0.2) is 4.98 Å². The van der Waals surface area contributed by atoms with Crippen LogP contribution in [0.2, 0.25) is 0 Å². The van der Waals surface area contributed by atoms with Crippen LogP contribution in [0.1, 0.15) is 43.3 Å². The van der Waals surface area contributed by atoms with Crippen LogP contribution in [0.15, 0.2) is 11.0 Å². The van der Waals surface area contributed by atoms with Crippen molar-refractivity contribution in [2.75, 3.05) is 6.54 Å². The van der Waals surface area contributed by atoms with Crippen molar-refractivity contribution < 1.29 is 0 Å². The summed E-state index contributed by atoms with van der Waals surface area (Å²) in [5.74, 6) is 0.773. The third-order valence-corrected chi connectivity index (χ3v) is 6.59. The number of hydrogen-bond acceptors (Lipinski definition) is 5. The minimum atomic E-state index is -0.228. The van der Waals surface area contributed by atoms with Gasteiger partial charge in [-0.1, -0.05) is 0 Å². The predicted molar refractivity (Wildman–Crippen MR) is 94.4 cm³/mol. The van der Waals surface area contributed by atoms with Crippen LogP contribution in [0.3, 0.4) is 0 Å². The SMILES string of the molecule is C[C@@]1(c2nc3c4c(sc3c(=O)[nH]2)-c2c[nH]nc2CCC4)CCCN1.